The van der Waals surface area contributed by atoms with Crippen molar-refractivity contribution < 1.29 is 5.11 Å². The fourth-order valence-electron chi connectivity index (χ4n) is 2.33. The highest BCUT2D eigenvalue weighted by molar-refractivity contribution is 5.46. The molecule has 2 rings (SSSR count). The SMILES string of the molecule is Cc1cc(C)c(CNc2ccc(CCO)cc2)cc1C. The number of aliphatic hydroxyl groups excluding tert-OH is 1. The van der Waals surface area contributed by atoms with Gasteiger partial charge in [0.15, 0.2) is 0 Å². The molecule has 0 atom stereocenters. The zero-order valence-corrected chi connectivity index (χ0v) is 12.5. The Kier molecular flexibility index (Phi) is 4.80. The van der Waals surface area contributed by atoms with Gasteiger partial charge in [0.1, 0.15) is 0 Å². The monoisotopic (exact) mass is 269 g/mol. The van der Waals surface area contributed by atoms with Gasteiger partial charge in [0.25, 0.3) is 0 Å². The molecule has 20 heavy (non-hydrogen) atoms. The smallest absolute Gasteiger partial charge is 0.0471 e. The molecule has 0 bridgehead atoms. The van der Waals surface area contributed by atoms with Gasteiger partial charge in [-0.3, -0.25) is 0 Å². The number of aryl methyl sites for hydroxylation is 3. The molecule has 0 saturated heterocycles. The normalized spacial score (nSPS) is 10.6. The molecule has 0 amide bonds. The van der Waals surface area contributed by atoms with Crippen molar-refractivity contribution in [2.45, 2.75) is 33.7 Å². The second-order valence-corrected chi connectivity index (χ2v) is 5.39. The Morgan fingerprint density at radius 2 is 1.55 bits per heavy atom. The van der Waals surface area contributed by atoms with E-state index in [0.29, 0.717) is 0 Å². The van der Waals surface area contributed by atoms with Crippen LogP contribution in [0.5, 0.6) is 0 Å². The Hall–Kier alpha value is -1.80. The molecule has 0 aliphatic carbocycles. The van der Waals surface area contributed by atoms with E-state index in [0.717, 1.165) is 18.7 Å². The van der Waals surface area contributed by atoms with Gasteiger partial charge in [0.2, 0.25) is 0 Å². The highest BCUT2D eigenvalue weighted by Gasteiger charge is 2.02. The van der Waals surface area contributed by atoms with Crippen molar-refractivity contribution >= 4 is 5.69 Å². The third-order valence-electron chi connectivity index (χ3n) is 3.79. The molecular weight excluding hydrogens is 246 g/mol. The zero-order chi connectivity index (χ0) is 14.5. The largest absolute Gasteiger partial charge is 0.396 e. The zero-order valence-electron chi connectivity index (χ0n) is 12.5. The van der Waals surface area contributed by atoms with Gasteiger partial charge in [-0.1, -0.05) is 24.3 Å². The molecule has 106 valence electrons. The molecule has 0 fully saturated rings. The molecule has 2 N–H and O–H groups in total. The quantitative estimate of drug-likeness (QED) is 0.866. The maximum atomic E-state index is 8.90. The Morgan fingerprint density at radius 3 is 2.20 bits per heavy atom. The first-order chi connectivity index (χ1) is 9.60. The van der Waals surface area contributed by atoms with Crippen LogP contribution in [0.25, 0.3) is 0 Å². The van der Waals surface area contributed by atoms with Gasteiger partial charge in [0, 0.05) is 18.8 Å². The van der Waals surface area contributed by atoms with E-state index in [9.17, 15) is 0 Å². The molecule has 0 heterocycles. The van der Waals surface area contributed by atoms with Crippen LogP contribution < -0.4 is 5.32 Å². The molecule has 2 heteroatoms. The van der Waals surface area contributed by atoms with Crippen LogP contribution in [0.2, 0.25) is 0 Å². The van der Waals surface area contributed by atoms with Gasteiger partial charge in [0.05, 0.1) is 0 Å². The molecular formula is C18H23NO. The van der Waals surface area contributed by atoms with E-state index in [1.54, 1.807) is 0 Å². The Labute approximate surface area is 121 Å². The summed E-state index contributed by atoms with van der Waals surface area (Å²) in [4.78, 5) is 0. The second-order valence-electron chi connectivity index (χ2n) is 5.39. The number of benzene rings is 2. The van der Waals surface area contributed by atoms with Crippen molar-refractivity contribution in [3.8, 4) is 0 Å². The van der Waals surface area contributed by atoms with E-state index in [4.69, 9.17) is 5.11 Å². The summed E-state index contributed by atoms with van der Waals surface area (Å²) in [5.74, 6) is 0. The maximum absolute atomic E-state index is 8.90. The summed E-state index contributed by atoms with van der Waals surface area (Å²) in [6, 6.07) is 12.8. The first-order valence-corrected chi connectivity index (χ1v) is 7.10. The van der Waals surface area contributed by atoms with Crippen LogP contribution >= 0.6 is 0 Å². The number of hydrogen-bond donors (Lipinski definition) is 2. The summed E-state index contributed by atoms with van der Waals surface area (Å²) in [5.41, 5.74) is 7.64. The lowest BCUT2D eigenvalue weighted by Gasteiger charge is -2.12. The van der Waals surface area contributed by atoms with E-state index in [1.807, 2.05) is 0 Å². The lowest BCUT2D eigenvalue weighted by molar-refractivity contribution is 0.299. The minimum Gasteiger partial charge on any atom is -0.396 e. The Morgan fingerprint density at radius 1 is 0.900 bits per heavy atom. The molecule has 0 unspecified atom stereocenters. The summed E-state index contributed by atoms with van der Waals surface area (Å²) < 4.78 is 0. The van der Waals surface area contributed by atoms with Crippen molar-refractivity contribution in [1.82, 2.24) is 0 Å². The first kappa shape index (κ1) is 14.6. The van der Waals surface area contributed by atoms with E-state index >= 15 is 0 Å². The molecule has 0 aliphatic rings. The van der Waals surface area contributed by atoms with Crippen molar-refractivity contribution in [1.29, 1.82) is 0 Å². The highest BCUT2D eigenvalue weighted by atomic mass is 16.2. The van der Waals surface area contributed by atoms with Gasteiger partial charge < -0.3 is 10.4 Å². The maximum Gasteiger partial charge on any atom is 0.0471 e. The molecule has 0 aliphatic heterocycles. The highest BCUT2D eigenvalue weighted by Crippen LogP contribution is 2.17. The van der Waals surface area contributed by atoms with Gasteiger partial charge in [-0.2, -0.15) is 0 Å². The third-order valence-corrected chi connectivity index (χ3v) is 3.79. The van der Waals surface area contributed by atoms with Crippen LogP contribution in [0, 0.1) is 20.8 Å². The van der Waals surface area contributed by atoms with Crippen molar-refractivity contribution in [3.63, 3.8) is 0 Å². The summed E-state index contributed by atoms with van der Waals surface area (Å²) in [6.07, 6.45) is 0.719. The lowest BCUT2D eigenvalue weighted by Crippen LogP contribution is -2.02. The second kappa shape index (κ2) is 6.58. The molecule has 0 saturated carbocycles. The minimum absolute atomic E-state index is 0.203. The predicted octanol–water partition coefficient (Wildman–Crippen LogP) is 3.76. The van der Waals surface area contributed by atoms with Gasteiger partial charge in [-0.05, 0) is 67.1 Å². The molecule has 0 radical (unpaired) electrons. The average Bonchev–Trinajstić information content (AvgIpc) is 2.43. The number of hydrogen-bond acceptors (Lipinski definition) is 2. The average molecular weight is 269 g/mol. The minimum atomic E-state index is 0.203. The molecule has 0 spiro atoms. The summed E-state index contributed by atoms with van der Waals surface area (Å²) >= 11 is 0. The number of anilines is 1. The topological polar surface area (TPSA) is 32.3 Å². The van der Waals surface area contributed by atoms with Crippen LogP contribution in [0.3, 0.4) is 0 Å². The standard InChI is InChI=1S/C18H23NO/c1-13-10-15(3)17(11-14(13)2)12-19-18-6-4-16(5-7-18)8-9-20/h4-7,10-11,19-20H,8-9,12H2,1-3H3. The Balaban J connectivity index is 2.03. The van der Waals surface area contributed by atoms with E-state index in [1.165, 1.54) is 27.8 Å². The van der Waals surface area contributed by atoms with E-state index in [-0.39, 0.29) is 6.61 Å². The number of rotatable bonds is 5. The predicted molar refractivity (Wildman–Crippen MR) is 85.2 cm³/mol. The van der Waals surface area contributed by atoms with Crippen LogP contribution in [0.1, 0.15) is 27.8 Å². The number of nitrogens with one attached hydrogen (secondary N) is 1. The van der Waals surface area contributed by atoms with E-state index in [2.05, 4.69) is 62.5 Å². The first-order valence-electron chi connectivity index (χ1n) is 7.10. The van der Waals surface area contributed by atoms with Crippen LogP contribution in [0.4, 0.5) is 5.69 Å². The van der Waals surface area contributed by atoms with E-state index < -0.39 is 0 Å². The number of aliphatic hydroxyl groups is 1. The molecule has 0 aromatic heterocycles. The summed E-state index contributed by atoms with van der Waals surface area (Å²) in [7, 11) is 0. The summed E-state index contributed by atoms with van der Waals surface area (Å²) in [5, 5.41) is 12.4. The van der Waals surface area contributed by atoms with Crippen molar-refractivity contribution in [2.75, 3.05) is 11.9 Å². The van der Waals surface area contributed by atoms with Crippen LogP contribution in [-0.4, -0.2) is 11.7 Å². The van der Waals surface area contributed by atoms with Gasteiger partial charge >= 0.3 is 0 Å². The fourth-order valence-corrected chi connectivity index (χ4v) is 2.33. The Bertz CT molecular complexity index is 573. The van der Waals surface area contributed by atoms with Crippen molar-refractivity contribution in [2.24, 2.45) is 0 Å². The van der Waals surface area contributed by atoms with Gasteiger partial charge in [-0.15, -0.1) is 0 Å². The van der Waals surface area contributed by atoms with Gasteiger partial charge in [-0.25, -0.2) is 0 Å². The van der Waals surface area contributed by atoms with Crippen molar-refractivity contribution in [3.05, 3.63) is 64.2 Å². The summed E-state index contributed by atoms with van der Waals surface area (Å²) in [6.45, 7) is 7.51. The third kappa shape index (κ3) is 3.61. The molecule has 2 aromatic carbocycles. The van der Waals surface area contributed by atoms with Crippen LogP contribution in [-0.2, 0) is 13.0 Å². The molecule has 2 nitrogen and oxygen atoms in total. The fraction of sp³-hybridized carbons (Fsp3) is 0.333. The lowest BCUT2D eigenvalue weighted by atomic mass is 10.0. The molecule has 2 aromatic rings. The van der Waals surface area contributed by atoms with Crippen LogP contribution in [0.15, 0.2) is 36.4 Å².